The van der Waals surface area contributed by atoms with Crippen LogP contribution in [0.3, 0.4) is 0 Å². The summed E-state index contributed by atoms with van der Waals surface area (Å²) in [4.78, 5) is 18.4. The fourth-order valence-electron chi connectivity index (χ4n) is 4.01. The van der Waals surface area contributed by atoms with Crippen molar-refractivity contribution < 1.29 is 4.79 Å². The monoisotopic (exact) mass is 389 g/mol. The number of nitrogens with zero attached hydrogens (tertiary/aromatic N) is 5. The number of carbonyl (C=O) groups excluding carboxylic acids is 1. The van der Waals surface area contributed by atoms with Gasteiger partial charge in [-0.1, -0.05) is 20.3 Å². The third kappa shape index (κ3) is 5.23. The molecule has 8 nitrogen and oxygen atoms in total. The molecule has 1 amide bonds. The largest absolute Gasteiger partial charge is 0.356 e. The molecule has 0 aliphatic carbocycles. The van der Waals surface area contributed by atoms with Crippen LogP contribution >= 0.6 is 0 Å². The summed E-state index contributed by atoms with van der Waals surface area (Å²) in [6.45, 7) is 7.38. The standard InChI is InChI=1S/C20H35N7O/c1-15(2)19(28)26-13-10-16(14-26)23-20(21-3)22-11-7-9-18-25-24-17-8-5-4-6-12-27(17)18/h15-16H,4-14H2,1-3H3,(H2,21,22,23). The Morgan fingerprint density at radius 1 is 1.25 bits per heavy atom. The van der Waals surface area contributed by atoms with Crippen molar-refractivity contribution in [1.82, 2.24) is 30.3 Å². The van der Waals surface area contributed by atoms with E-state index in [2.05, 4.69) is 30.4 Å². The normalized spacial score (nSPS) is 20.2. The van der Waals surface area contributed by atoms with E-state index in [4.69, 9.17) is 0 Å². The number of aryl methyl sites for hydroxylation is 2. The molecule has 8 heteroatoms. The highest BCUT2D eigenvalue weighted by atomic mass is 16.2. The Labute approximate surface area is 168 Å². The summed E-state index contributed by atoms with van der Waals surface area (Å²) in [5.74, 6) is 3.37. The molecule has 2 aliphatic heterocycles. The number of hydrogen-bond donors (Lipinski definition) is 2. The van der Waals surface area contributed by atoms with E-state index in [0.29, 0.717) is 0 Å². The van der Waals surface area contributed by atoms with Gasteiger partial charge in [0.25, 0.3) is 0 Å². The fourth-order valence-corrected chi connectivity index (χ4v) is 4.01. The predicted molar refractivity (Wildman–Crippen MR) is 110 cm³/mol. The van der Waals surface area contributed by atoms with E-state index in [9.17, 15) is 4.79 Å². The summed E-state index contributed by atoms with van der Waals surface area (Å²) >= 11 is 0. The van der Waals surface area contributed by atoms with Gasteiger partial charge in [0.1, 0.15) is 11.6 Å². The molecule has 156 valence electrons. The van der Waals surface area contributed by atoms with Crippen molar-refractivity contribution in [2.45, 2.75) is 71.4 Å². The minimum absolute atomic E-state index is 0.0587. The van der Waals surface area contributed by atoms with E-state index in [1.807, 2.05) is 18.7 Å². The van der Waals surface area contributed by atoms with Gasteiger partial charge in [0, 0.05) is 58.0 Å². The molecule has 1 atom stereocenters. The maximum atomic E-state index is 12.1. The van der Waals surface area contributed by atoms with Gasteiger partial charge in [-0.3, -0.25) is 9.79 Å². The van der Waals surface area contributed by atoms with Crippen LogP contribution in [-0.2, 0) is 24.2 Å². The second-order valence-electron chi connectivity index (χ2n) is 8.17. The molecule has 1 unspecified atom stereocenters. The Hall–Kier alpha value is -2.12. The summed E-state index contributed by atoms with van der Waals surface area (Å²) in [7, 11) is 1.79. The van der Waals surface area contributed by atoms with Gasteiger partial charge in [0.05, 0.1) is 0 Å². The summed E-state index contributed by atoms with van der Waals surface area (Å²) in [6.07, 6.45) is 7.67. The molecule has 0 aromatic carbocycles. The lowest BCUT2D eigenvalue weighted by atomic mass is 10.2. The molecular weight excluding hydrogens is 354 g/mol. The zero-order valence-corrected chi connectivity index (χ0v) is 17.6. The predicted octanol–water partition coefficient (Wildman–Crippen LogP) is 1.36. The number of carbonyl (C=O) groups is 1. The average Bonchev–Trinajstić information content (AvgIpc) is 3.23. The zero-order valence-electron chi connectivity index (χ0n) is 17.6. The summed E-state index contributed by atoms with van der Waals surface area (Å²) < 4.78 is 2.32. The van der Waals surface area contributed by atoms with Crippen LogP contribution in [0.4, 0.5) is 0 Å². The van der Waals surface area contributed by atoms with Crippen molar-refractivity contribution in [1.29, 1.82) is 0 Å². The van der Waals surface area contributed by atoms with Crippen molar-refractivity contribution in [3.8, 4) is 0 Å². The smallest absolute Gasteiger partial charge is 0.225 e. The van der Waals surface area contributed by atoms with Gasteiger partial charge in [-0.2, -0.15) is 0 Å². The van der Waals surface area contributed by atoms with Crippen molar-refractivity contribution in [2.24, 2.45) is 10.9 Å². The first-order valence-corrected chi connectivity index (χ1v) is 10.8. The molecule has 28 heavy (non-hydrogen) atoms. The van der Waals surface area contributed by atoms with E-state index in [0.717, 1.165) is 69.5 Å². The Morgan fingerprint density at radius 3 is 2.89 bits per heavy atom. The number of hydrogen-bond acceptors (Lipinski definition) is 4. The molecule has 3 rings (SSSR count). The van der Waals surface area contributed by atoms with Gasteiger partial charge in [-0.15, -0.1) is 10.2 Å². The summed E-state index contributed by atoms with van der Waals surface area (Å²) in [5.41, 5.74) is 0. The van der Waals surface area contributed by atoms with Crippen LogP contribution in [0.15, 0.2) is 4.99 Å². The first-order chi connectivity index (χ1) is 13.6. The van der Waals surface area contributed by atoms with Gasteiger partial charge >= 0.3 is 0 Å². The molecule has 1 saturated heterocycles. The number of aromatic nitrogens is 3. The maximum absolute atomic E-state index is 12.1. The van der Waals surface area contributed by atoms with Gasteiger partial charge in [0.2, 0.25) is 5.91 Å². The number of aliphatic imine (C=N–C) groups is 1. The van der Waals surface area contributed by atoms with Crippen molar-refractivity contribution in [2.75, 3.05) is 26.7 Å². The van der Waals surface area contributed by atoms with Crippen LogP contribution in [0.5, 0.6) is 0 Å². The molecule has 1 fully saturated rings. The average molecular weight is 390 g/mol. The fraction of sp³-hybridized carbons (Fsp3) is 0.800. The van der Waals surface area contributed by atoms with Crippen LogP contribution in [0, 0.1) is 5.92 Å². The molecule has 1 aromatic rings. The van der Waals surface area contributed by atoms with Crippen molar-refractivity contribution in [3.63, 3.8) is 0 Å². The third-order valence-corrected chi connectivity index (χ3v) is 5.61. The first-order valence-electron chi connectivity index (χ1n) is 10.8. The van der Waals surface area contributed by atoms with E-state index in [1.165, 1.54) is 19.3 Å². The highest BCUT2D eigenvalue weighted by Crippen LogP contribution is 2.15. The van der Waals surface area contributed by atoms with Crippen molar-refractivity contribution >= 4 is 11.9 Å². The first kappa shape index (κ1) is 20.6. The van der Waals surface area contributed by atoms with E-state index >= 15 is 0 Å². The second kappa shape index (κ2) is 9.89. The summed E-state index contributed by atoms with van der Waals surface area (Å²) in [5, 5.41) is 15.6. The number of rotatable bonds is 6. The Balaban J connectivity index is 1.40. The number of amides is 1. The minimum Gasteiger partial charge on any atom is -0.356 e. The molecule has 0 spiro atoms. The SMILES string of the molecule is CN=C(NCCCc1nnc2n1CCCCC2)NC1CCN(C(=O)C(C)C)C1. The van der Waals surface area contributed by atoms with Gasteiger partial charge in [-0.05, 0) is 25.7 Å². The summed E-state index contributed by atoms with van der Waals surface area (Å²) in [6, 6.07) is 0.265. The lowest BCUT2D eigenvalue weighted by molar-refractivity contribution is -0.133. The van der Waals surface area contributed by atoms with E-state index in [1.54, 1.807) is 7.05 Å². The third-order valence-electron chi connectivity index (χ3n) is 5.61. The highest BCUT2D eigenvalue weighted by molar-refractivity contribution is 5.81. The zero-order chi connectivity index (χ0) is 19.9. The molecule has 2 N–H and O–H groups in total. The van der Waals surface area contributed by atoms with Gasteiger partial charge in [0.15, 0.2) is 5.96 Å². The van der Waals surface area contributed by atoms with E-state index < -0.39 is 0 Å². The lowest BCUT2D eigenvalue weighted by Gasteiger charge is -2.20. The number of fused-ring (bicyclic) bond motifs is 1. The van der Waals surface area contributed by atoms with Crippen LogP contribution in [0.2, 0.25) is 0 Å². The molecule has 0 bridgehead atoms. The molecule has 0 radical (unpaired) electrons. The van der Waals surface area contributed by atoms with Crippen LogP contribution in [0.25, 0.3) is 0 Å². The number of likely N-dealkylation sites (tertiary alicyclic amines) is 1. The number of nitrogens with one attached hydrogen (secondary N) is 2. The molecule has 2 aliphatic rings. The van der Waals surface area contributed by atoms with Gasteiger partial charge in [-0.25, -0.2) is 0 Å². The number of guanidine groups is 1. The van der Waals surface area contributed by atoms with Gasteiger partial charge < -0.3 is 20.1 Å². The second-order valence-corrected chi connectivity index (χ2v) is 8.17. The van der Waals surface area contributed by atoms with Crippen LogP contribution in [-0.4, -0.2) is 64.3 Å². The topological polar surface area (TPSA) is 87.4 Å². The van der Waals surface area contributed by atoms with E-state index in [-0.39, 0.29) is 17.9 Å². The maximum Gasteiger partial charge on any atom is 0.225 e. The lowest BCUT2D eigenvalue weighted by Crippen LogP contribution is -2.45. The highest BCUT2D eigenvalue weighted by Gasteiger charge is 2.27. The Morgan fingerprint density at radius 2 is 2.11 bits per heavy atom. The van der Waals surface area contributed by atoms with Crippen LogP contribution in [0.1, 0.15) is 57.6 Å². The Bertz CT molecular complexity index is 682. The molecule has 0 saturated carbocycles. The quantitative estimate of drug-likeness (QED) is 0.436. The molecular formula is C20H35N7O. The van der Waals surface area contributed by atoms with Crippen molar-refractivity contribution in [3.05, 3.63) is 11.6 Å². The minimum atomic E-state index is 0.0587. The van der Waals surface area contributed by atoms with Crippen LogP contribution < -0.4 is 10.6 Å². The molecule has 1 aromatic heterocycles. The molecule has 3 heterocycles. The Kier molecular flexibility index (Phi) is 7.28.